The number of hydrogen-bond acceptors (Lipinski definition) is 5. The van der Waals surface area contributed by atoms with E-state index >= 15 is 0 Å². The van der Waals surface area contributed by atoms with E-state index in [2.05, 4.69) is 5.32 Å². The topological polar surface area (TPSA) is 99.5 Å². The lowest BCUT2D eigenvalue weighted by atomic mass is 10.1. The van der Waals surface area contributed by atoms with Gasteiger partial charge in [0.05, 0.1) is 29.7 Å². The second kappa shape index (κ2) is 7.88. The lowest BCUT2D eigenvalue weighted by molar-refractivity contribution is 0.0730. The van der Waals surface area contributed by atoms with Crippen molar-refractivity contribution in [3.05, 3.63) is 59.2 Å². The number of amides is 1. The number of ether oxygens (including phenoxy) is 1. The molecular formula is C19H19N3O4S. The number of morpholine rings is 1. The van der Waals surface area contributed by atoms with Crippen molar-refractivity contribution in [2.24, 2.45) is 0 Å². The second-order valence-corrected chi connectivity index (χ2v) is 8.07. The number of carbonyl (C=O) groups excluding carboxylic acids is 1. The summed E-state index contributed by atoms with van der Waals surface area (Å²) in [5.74, 6) is -0.406. The maximum atomic E-state index is 12.8. The molecule has 1 heterocycles. The zero-order valence-electron chi connectivity index (χ0n) is 14.8. The van der Waals surface area contributed by atoms with E-state index in [-0.39, 0.29) is 10.5 Å². The molecule has 2 aromatic carbocycles. The predicted octanol–water partition coefficient (Wildman–Crippen LogP) is 2.14. The summed E-state index contributed by atoms with van der Waals surface area (Å²) in [6, 6.07) is 13.0. The van der Waals surface area contributed by atoms with Gasteiger partial charge in [0, 0.05) is 24.3 Å². The normalized spacial score (nSPS) is 15.1. The van der Waals surface area contributed by atoms with E-state index in [0.717, 1.165) is 0 Å². The van der Waals surface area contributed by atoms with E-state index in [1.807, 2.05) is 6.07 Å². The van der Waals surface area contributed by atoms with Crippen LogP contribution < -0.4 is 5.32 Å². The van der Waals surface area contributed by atoms with Gasteiger partial charge < -0.3 is 10.1 Å². The molecule has 3 rings (SSSR count). The molecule has 1 aliphatic heterocycles. The maximum Gasteiger partial charge on any atom is 0.255 e. The van der Waals surface area contributed by atoms with Gasteiger partial charge in [0.1, 0.15) is 0 Å². The number of rotatable bonds is 4. The first-order chi connectivity index (χ1) is 12.9. The number of hydrogen-bond donors (Lipinski definition) is 1. The van der Waals surface area contributed by atoms with Crippen molar-refractivity contribution in [1.29, 1.82) is 5.26 Å². The Bertz CT molecular complexity index is 989. The van der Waals surface area contributed by atoms with Crippen molar-refractivity contribution in [3.63, 3.8) is 0 Å². The van der Waals surface area contributed by atoms with Gasteiger partial charge in [-0.1, -0.05) is 6.07 Å². The molecule has 0 radical (unpaired) electrons. The monoisotopic (exact) mass is 385 g/mol. The van der Waals surface area contributed by atoms with Crippen LogP contribution in [0.4, 0.5) is 5.69 Å². The first-order valence-electron chi connectivity index (χ1n) is 8.42. The molecule has 0 aromatic heterocycles. The summed E-state index contributed by atoms with van der Waals surface area (Å²) < 4.78 is 32.2. The van der Waals surface area contributed by atoms with E-state index in [4.69, 9.17) is 10.00 Å². The first-order valence-corrected chi connectivity index (χ1v) is 9.86. The SMILES string of the molecule is Cc1ccc(S(=O)(=O)N2CCOCC2)cc1C(=O)Nc1ccc(C#N)cc1. The lowest BCUT2D eigenvalue weighted by Gasteiger charge is -2.26. The molecule has 0 aliphatic carbocycles. The minimum Gasteiger partial charge on any atom is -0.379 e. The molecule has 0 unspecified atom stereocenters. The quantitative estimate of drug-likeness (QED) is 0.869. The largest absolute Gasteiger partial charge is 0.379 e. The highest BCUT2D eigenvalue weighted by Gasteiger charge is 2.27. The Morgan fingerprint density at radius 3 is 2.44 bits per heavy atom. The molecule has 8 heteroatoms. The van der Waals surface area contributed by atoms with Crippen molar-refractivity contribution >= 4 is 21.6 Å². The molecule has 7 nitrogen and oxygen atoms in total. The highest BCUT2D eigenvalue weighted by atomic mass is 32.2. The Balaban J connectivity index is 1.86. The molecule has 0 bridgehead atoms. The Morgan fingerprint density at radius 1 is 1.15 bits per heavy atom. The average Bonchev–Trinajstić information content (AvgIpc) is 2.69. The fourth-order valence-corrected chi connectivity index (χ4v) is 4.20. The fraction of sp³-hybridized carbons (Fsp3) is 0.263. The van der Waals surface area contributed by atoms with Crippen molar-refractivity contribution in [2.75, 3.05) is 31.6 Å². The van der Waals surface area contributed by atoms with Gasteiger partial charge in [-0.25, -0.2) is 8.42 Å². The minimum atomic E-state index is -3.68. The highest BCUT2D eigenvalue weighted by molar-refractivity contribution is 7.89. The molecule has 2 aromatic rings. The van der Waals surface area contributed by atoms with E-state index in [1.165, 1.54) is 16.4 Å². The van der Waals surface area contributed by atoms with Crippen LogP contribution in [0.15, 0.2) is 47.4 Å². The molecular weight excluding hydrogens is 366 g/mol. The van der Waals surface area contributed by atoms with Crippen molar-refractivity contribution in [1.82, 2.24) is 4.31 Å². The molecule has 1 N–H and O–H groups in total. The van der Waals surface area contributed by atoms with Crippen LogP contribution in [-0.4, -0.2) is 44.9 Å². The first kappa shape index (κ1) is 19.0. The van der Waals surface area contributed by atoms with Crippen molar-refractivity contribution in [3.8, 4) is 6.07 Å². The Morgan fingerprint density at radius 2 is 1.81 bits per heavy atom. The Kier molecular flexibility index (Phi) is 5.56. The number of anilines is 1. The predicted molar refractivity (Wildman–Crippen MR) is 99.9 cm³/mol. The number of nitrogens with one attached hydrogen (secondary N) is 1. The number of benzene rings is 2. The van der Waals surface area contributed by atoms with Crippen LogP contribution in [0.2, 0.25) is 0 Å². The number of aryl methyl sites for hydroxylation is 1. The van der Waals surface area contributed by atoms with Crippen LogP contribution in [-0.2, 0) is 14.8 Å². The third kappa shape index (κ3) is 4.17. The summed E-state index contributed by atoms with van der Waals surface area (Å²) in [7, 11) is -3.68. The standard InChI is InChI=1S/C19H19N3O4S/c1-14-2-7-17(27(24,25)22-8-10-26-11-9-22)12-18(14)19(23)21-16-5-3-15(13-20)4-6-16/h2-7,12H,8-11H2,1H3,(H,21,23). The summed E-state index contributed by atoms with van der Waals surface area (Å²) in [5, 5.41) is 11.6. The molecule has 1 saturated heterocycles. The van der Waals surface area contributed by atoms with Crippen LogP contribution in [0.1, 0.15) is 21.5 Å². The van der Waals surface area contributed by atoms with Gasteiger partial charge >= 0.3 is 0 Å². The summed E-state index contributed by atoms with van der Waals surface area (Å²) in [5.41, 5.74) is 1.97. The molecule has 140 valence electrons. The van der Waals surface area contributed by atoms with Crippen LogP contribution in [0.3, 0.4) is 0 Å². The van der Waals surface area contributed by atoms with Gasteiger partial charge in [-0.3, -0.25) is 4.79 Å². The van der Waals surface area contributed by atoms with Gasteiger partial charge in [-0.15, -0.1) is 0 Å². The average molecular weight is 385 g/mol. The third-order valence-corrected chi connectivity index (χ3v) is 6.23. The molecule has 0 spiro atoms. The van der Waals surface area contributed by atoms with E-state index in [1.54, 1.807) is 37.3 Å². The number of nitriles is 1. The van der Waals surface area contributed by atoms with Gasteiger partial charge in [0.15, 0.2) is 0 Å². The van der Waals surface area contributed by atoms with Crippen LogP contribution in [0.5, 0.6) is 0 Å². The lowest BCUT2D eigenvalue weighted by Crippen LogP contribution is -2.40. The van der Waals surface area contributed by atoms with Crippen LogP contribution in [0, 0.1) is 18.3 Å². The summed E-state index contributed by atoms with van der Waals surface area (Å²) in [6.45, 7) is 3.05. The van der Waals surface area contributed by atoms with E-state index in [9.17, 15) is 13.2 Å². The summed E-state index contributed by atoms with van der Waals surface area (Å²) in [6.07, 6.45) is 0. The molecule has 0 atom stereocenters. The van der Waals surface area contributed by atoms with Crippen LogP contribution >= 0.6 is 0 Å². The van der Waals surface area contributed by atoms with Gasteiger partial charge in [-0.2, -0.15) is 9.57 Å². The zero-order chi connectivity index (χ0) is 19.4. The second-order valence-electron chi connectivity index (χ2n) is 6.14. The van der Waals surface area contributed by atoms with Crippen molar-refractivity contribution in [2.45, 2.75) is 11.8 Å². The third-order valence-electron chi connectivity index (χ3n) is 4.33. The van der Waals surface area contributed by atoms with E-state index in [0.29, 0.717) is 43.1 Å². The van der Waals surface area contributed by atoms with E-state index < -0.39 is 15.9 Å². The van der Waals surface area contributed by atoms with Crippen LogP contribution in [0.25, 0.3) is 0 Å². The minimum absolute atomic E-state index is 0.0833. The fourth-order valence-electron chi connectivity index (χ4n) is 2.77. The number of carbonyl (C=O) groups is 1. The smallest absolute Gasteiger partial charge is 0.255 e. The van der Waals surface area contributed by atoms with Gasteiger partial charge in [0.25, 0.3) is 5.91 Å². The summed E-state index contributed by atoms with van der Waals surface area (Å²) >= 11 is 0. The highest BCUT2D eigenvalue weighted by Crippen LogP contribution is 2.21. The number of nitrogens with zero attached hydrogens (tertiary/aromatic N) is 2. The maximum absolute atomic E-state index is 12.8. The molecule has 0 saturated carbocycles. The van der Waals surface area contributed by atoms with Gasteiger partial charge in [0.2, 0.25) is 10.0 Å². The Hall–Kier alpha value is -2.73. The molecule has 27 heavy (non-hydrogen) atoms. The Labute approximate surface area is 158 Å². The van der Waals surface area contributed by atoms with Gasteiger partial charge in [-0.05, 0) is 48.9 Å². The zero-order valence-corrected chi connectivity index (χ0v) is 15.6. The molecule has 1 fully saturated rings. The van der Waals surface area contributed by atoms with Crippen molar-refractivity contribution < 1.29 is 17.9 Å². The summed E-state index contributed by atoms with van der Waals surface area (Å²) in [4.78, 5) is 12.7. The molecule has 1 amide bonds. The number of sulfonamides is 1. The molecule has 1 aliphatic rings.